The minimum absolute atomic E-state index is 0. The highest BCUT2D eigenvalue weighted by molar-refractivity contribution is 6.15. The first-order valence-electron chi connectivity index (χ1n) is 8.63. The summed E-state index contributed by atoms with van der Waals surface area (Å²) >= 11 is 0. The third-order valence-electron chi connectivity index (χ3n) is 5.23. The van der Waals surface area contributed by atoms with Gasteiger partial charge in [0, 0.05) is 19.0 Å². The molecule has 4 aromatic carbocycles. The molecule has 124 valence electrons. The molecule has 5 rings (SSSR count). The Bertz CT molecular complexity index is 979. The van der Waals surface area contributed by atoms with Gasteiger partial charge in [-0.2, -0.15) is 0 Å². The smallest absolute Gasteiger partial charge is 0.0101 e. The molecule has 1 fully saturated rings. The van der Waals surface area contributed by atoms with Gasteiger partial charge in [0.1, 0.15) is 0 Å². The van der Waals surface area contributed by atoms with E-state index < -0.39 is 0 Å². The third kappa shape index (κ3) is 2.52. The van der Waals surface area contributed by atoms with Gasteiger partial charge in [-0.15, -0.1) is 12.4 Å². The Labute approximate surface area is 154 Å². The van der Waals surface area contributed by atoms with Crippen molar-refractivity contribution in [2.45, 2.75) is 5.92 Å². The second kappa shape index (κ2) is 6.51. The molecule has 0 bridgehead atoms. The predicted molar refractivity (Wildman–Crippen MR) is 110 cm³/mol. The molecule has 0 spiro atoms. The molecular formula is C23H20ClN. The van der Waals surface area contributed by atoms with Crippen molar-refractivity contribution in [1.29, 1.82) is 0 Å². The van der Waals surface area contributed by atoms with Crippen molar-refractivity contribution >= 4 is 34.0 Å². The molecule has 0 aromatic heterocycles. The van der Waals surface area contributed by atoms with Gasteiger partial charge in [0.2, 0.25) is 0 Å². The summed E-state index contributed by atoms with van der Waals surface area (Å²) in [7, 11) is 0. The average molecular weight is 346 g/mol. The number of hydrogen-bond acceptors (Lipinski definition) is 1. The lowest BCUT2D eigenvalue weighted by Crippen LogP contribution is -2.40. The van der Waals surface area contributed by atoms with E-state index in [1.165, 1.54) is 38.2 Å². The van der Waals surface area contributed by atoms with Gasteiger partial charge in [-0.25, -0.2) is 0 Å². The van der Waals surface area contributed by atoms with Crippen molar-refractivity contribution in [1.82, 2.24) is 5.32 Å². The molecule has 1 saturated heterocycles. The highest BCUT2D eigenvalue weighted by Gasteiger charge is 2.25. The Morgan fingerprint density at radius 1 is 0.600 bits per heavy atom. The number of benzene rings is 4. The first kappa shape index (κ1) is 16.1. The summed E-state index contributed by atoms with van der Waals surface area (Å²) in [6.45, 7) is 2.16. The molecule has 2 heteroatoms. The maximum Gasteiger partial charge on any atom is 0.0101 e. The van der Waals surface area contributed by atoms with Crippen LogP contribution in [-0.4, -0.2) is 13.1 Å². The molecular weight excluding hydrogens is 326 g/mol. The van der Waals surface area contributed by atoms with E-state index in [1.54, 1.807) is 0 Å². The Hall–Kier alpha value is -2.35. The number of fused-ring (bicyclic) bond motifs is 2. The highest BCUT2D eigenvalue weighted by atomic mass is 35.5. The molecule has 0 atom stereocenters. The van der Waals surface area contributed by atoms with Gasteiger partial charge in [0.25, 0.3) is 0 Å². The maximum atomic E-state index is 3.44. The van der Waals surface area contributed by atoms with Crippen molar-refractivity contribution in [2.24, 2.45) is 0 Å². The largest absolute Gasteiger partial charge is 0.315 e. The second-order valence-electron chi connectivity index (χ2n) is 6.60. The maximum absolute atomic E-state index is 3.44. The van der Waals surface area contributed by atoms with Gasteiger partial charge in [-0.3, -0.25) is 0 Å². The summed E-state index contributed by atoms with van der Waals surface area (Å²) in [6.07, 6.45) is 0. The van der Waals surface area contributed by atoms with Gasteiger partial charge >= 0.3 is 0 Å². The Morgan fingerprint density at radius 2 is 1.08 bits per heavy atom. The summed E-state index contributed by atoms with van der Waals surface area (Å²) < 4.78 is 0. The van der Waals surface area contributed by atoms with Gasteiger partial charge < -0.3 is 5.32 Å². The molecule has 0 saturated carbocycles. The van der Waals surface area contributed by atoms with Crippen LogP contribution in [0.2, 0.25) is 0 Å². The molecule has 1 heterocycles. The van der Waals surface area contributed by atoms with Gasteiger partial charge in [0.15, 0.2) is 0 Å². The van der Waals surface area contributed by atoms with Crippen molar-refractivity contribution < 1.29 is 0 Å². The fraction of sp³-hybridized carbons (Fsp3) is 0.130. The monoisotopic (exact) mass is 345 g/mol. The van der Waals surface area contributed by atoms with Gasteiger partial charge in [-0.05, 0) is 38.2 Å². The first-order valence-corrected chi connectivity index (χ1v) is 8.63. The molecule has 25 heavy (non-hydrogen) atoms. The van der Waals surface area contributed by atoms with E-state index >= 15 is 0 Å². The quantitative estimate of drug-likeness (QED) is 0.455. The number of nitrogens with one attached hydrogen (secondary N) is 1. The lowest BCUT2D eigenvalue weighted by molar-refractivity contribution is 0.453. The lowest BCUT2D eigenvalue weighted by Gasteiger charge is -2.30. The van der Waals surface area contributed by atoms with Crippen LogP contribution in [0.1, 0.15) is 11.5 Å². The predicted octanol–water partition coefficient (Wildman–Crippen LogP) is 5.77. The molecule has 0 amide bonds. The molecule has 1 N–H and O–H groups in total. The first-order chi connectivity index (χ1) is 11.9. The Balaban J connectivity index is 0.00000157. The van der Waals surface area contributed by atoms with Gasteiger partial charge in [-0.1, -0.05) is 78.9 Å². The summed E-state index contributed by atoms with van der Waals surface area (Å²) in [6, 6.07) is 28.6. The summed E-state index contributed by atoms with van der Waals surface area (Å²) in [4.78, 5) is 0. The molecule has 4 aromatic rings. The van der Waals surface area contributed by atoms with Crippen LogP contribution in [0.25, 0.3) is 32.7 Å². The van der Waals surface area contributed by atoms with Crippen LogP contribution in [-0.2, 0) is 0 Å². The van der Waals surface area contributed by atoms with E-state index in [0.29, 0.717) is 5.92 Å². The van der Waals surface area contributed by atoms with Crippen LogP contribution in [0.3, 0.4) is 0 Å². The summed E-state index contributed by atoms with van der Waals surface area (Å²) in [5.74, 6) is 0.615. The molecule has 0 radical (unpaired) electrons. The Morgan fingerprint density at radius 3 is 1.56 bits per heavy atom. The van der Waals surface area contributed by atoms with Crippen LogP contribution in [0, 0.1) is 0 Å². The molecule has 1 nitrogen and oxygen atoms in total. The van der Waals surface area contributed by atoms with Crippen LogP contribution < -0.4 is 5.32 Å². The fourth-order valence-electron chi connectivity index (χ4n) is 4.01. The molecule has 1 aliphatic rings. The van der Waals surface area contributed by atoms with E-state index in [1.807, 2.05) is 0 Å². The lowest BCUT2D eigenvalue weighted by atomic mass is 9.82. The SMILES string of the molecule is Cl.c1ccc(-c2c3ccccc3c(C3CNC3)c3ccccc23)cc1. The second-order valence-corrected chi connectivity index (χ2v) is 6.60. The zero-order valence-electron chi connectivity index (χ0n) is 13.9. The van der Waals surface area contributed by atoms with Crippen LogP contribution in [0.15, 0.2) is 78.9 Å². The summed E-state index contributed by atoms with van der Waals surface area (Å²) in [5, 5.41) is 8.97. The van der Waals surface area contributed by atoms with Crippen LogP contribution in [0.5, 0.6) is 0 Å². The normalized spacial score (nSPS) is 14.2. The summed E-state index contributed by atoms with van der Waals surface area (Å²) in [5.41, 5.74) is 4.17. The Kier molecular flexibility index (Phi) is 4.20. The topological polar surface area (TPSA) is 12.0 Å². The standard InChI is InChI=1S/C23H19N.ClH/c1-2-8-16(9-3-1)22-18-10-4-6-12-20(18)23(17-14-24-15-17)21-13-7-5-11-19(21)22;/h1-13,17,24H,14-15H2;1H. The van der Waals surface area contributed by atoms with Crippen molar-refractivity contribution in [3.8, 4) is 11.1 Å². The minimum Gasteiger partial charge on any atom is -0.315 e. The van der Waals surface area contributed by atoms with E-state index in [2.05, 4.69) is 84.2 Å². The van der Waals surface area contributed by atoms with Crippen LogP contribution >= 0.6 is 12.4 Å². The molecule has 1 aliphatic heterocycles. The zero-order chi connectivity index (χ0) is 15.9. The highest BCUT2D eigenvalue weighted by Crippen LogP contribution is 2.42. The minimum atomic E-state index is 0. The van der Waals surface area contributed by atoms with Crippen molar-refractivity contribution in [3.63, 3.8) is 0 Å². The van der Waals surface area contributed by atoms with Gasteiger partial charge in [0.05, 0.1) is 0 Å². The fourth-order valence-corrected chi connectivity index (χ4v) is 4.01. The van der Waals surface area contributed by atoms with E-state index in [0.717, 1.165) is 13.1 Å². The molecule has 0 unspecified atom stereocenters. The van der Waals surface area contributed by atoms with E-state index in [4.69, 9.17) is 0 Å². The zero-order valence-corrected chi connectivity index (χ0v) is 14.7. The van der Waals surface area contributed by atoms with E-state index in [-0.39, 0.29) is 12.4 Å². The molecule has 0 aliphatic carbocycles. The van der Waals surface area contributed by atoms with Crippen molar-refractivity contribution in [2.75, 3.05) is 13.1 Å². The third-order valence-corrected chi connectivity index (χ3v) is 5.23. The number of halogens is 1. The van der Waals surface area contributed by atoms with Crippen LogP contribution in [0.4, 0.5) is 0 Å². The van der Waals surface area contributed by atoms with Crippen molar-refractivity contribution in [3.05, 3.63) is 84.4 Å². The van der Waals surface area contributed by atoms with E-state index in [9.17, 15) is 0 Å². The average Bonchev–Trinajstić information content (AvgIpc) is 2.61. The number of rotatable bonds is 2. The number of hydrogen-bond donors (Lipinski definition) is 1.